The number of carbonyl (C=O) groups is 3. The summed E-state index contributed by atoms with van der Waals surface area (Å²) in [6, 6.07) is 12.6. The van der Waals surface area contributed by atoms with Gasteiger partial charge in [0.15, 0.2) is 17.5 Å². The quantitative estimate of drug-likeness (QED) is 0.198. The van der Waals surface area contributed by atoms with Crippen LogP contribution in [-0.2, 0) is 9.53 Å². The van der Waals surface area contributed by atoms with E-state index in [1.54, 1.807) is 24.3 Å². The summed E-state index contributed by atoms with van der Waals surface area (Å²) in [6.45, 7) is 3.29. The van der Waals surface area contributed by atoms with Crippen molar-refractivity contribution in [2.75, 3.05) is 24.8 Å². The second-order valence-electron chi connectivity index (χ2n) is 7.19. The SMILES string of the molecule is COc1ccc(C(=O)OCC(=O)c2ccc(Cl)cc2)cc1NC(=O)CSc1nc(C)cc(C)n1. The van der Waals surface area contributed by atoms with E-state index >= 15 is 0 Å². The molecule has 0 aliphatic carbocycles. The van der Waals surface area contributed by atoms with Crippen molar-refractivity contribution in [1.29, 1.82) is 0 Å². The second-order valence-corrected chi connectivity index (χ2v) is 8.57. The molecule has 1 heterocycles. The summed E-state index contributed by atoms with van der Waals surface area (Å²) in [6.07, 6.45) is 0. The maximum absolute atomic E-state index is 12.5. The van der Waals surface area contributed by atoms with Crippen LogP contribution >= 0.6 is 23.4 Å². The molecule has 3 rings (SSSR count). The van der Waals surface area contributed by atoms with E-state index in [4.69, 9.17) is 21.1 Å². The number of amides is 1. The zero-order valence-corrected chi connectivity index (χ0v) is 20.3. The number of Topliss-reactive ketones (excluding diaryl/α,β-unsaturated/α-hetero) is 1. The van der Waals surface area contributed by atoms with Crippen LogP contribution in [0.1, 0.15) is 32.1 Å². The molecule has 0 aliphatic rings. The number of benzene rings is 2. The number of ketones is 1. The summed E-state index contributed by atoms with van der Waals surface area (Å²) in [7, 11) is 1.45. The molecule has 2 aromatic carbocycles. The largest absolute Gasteiger partial charge is 0.495 e. The van der Waals surface area contributed by atoms with Crippen LogP contribution in [0, 0.1) is 13.8 Å². The minimum absolute atomic E-state index is 0.0658. The Morgan fingerprint density at radius 1 is 0.971 bits per heavy atom. The van der Waals surface area contributed by atoms with E-state index in [1.165, 1.54) is 37.1 Å². The molecule has 0 unspecified atom stereocenters. The molecule has 10 heteroatoms. The van der Waals surface area contributed by atoms with Crippen LogP contribution < -0.4 is 10.1 Å². The third kappa shape index (κ3) is 7.03. The van der Waals surface area contributed by atoms with Crippen LogP contribution in [0.2, 0.25) is 5.02 Å². The van der Waals surface area contributed by atoms with Gasteiger partial charge < -0.3 is 14.8 Å². The lowest BCUT2D eigenvalue weighted by molar-refractivity contribution is -0.113. The lowest BCUT2D eigenvalue weighted by Crippen LogP contribution is -2.17. The highest BCUT2D eigenvalue weighted by molar-refractivity contribution is 7.99. The van der Waals surface area contributed by atoms with Gasteiger partial charge in [-0.3, -0.25) is 9.59 Å². The number of aryl methyl sites for hydroxylation is 2. The van der Waals surface area contributed by atoms with E-state index in [0.29, 0.717) is 27.2 Å². The first kappa shape index (κ1) is 25.2. The minimum atomic E-state index is -0.710. The number of halogens is 1. The highest BCUT2D eigenvalue weighted by Gasteiger charge is 2.16. The Morgan fingerprint density at radius 3 is 2.26 bits per heavy atom. The number of rotatable bonds is 9. The fourth-order valence-electron chi connectivity index (χ4n) is 2.94. The zero-order chi connectivity index (χ0) is 24.7. The predicted molar refractivity (Wildman–Crippen MR) is 130 cm³/mol. The van der Waals surface area contributed by atoms with Crippen molar-refractivity contribution in [2.45, 2.75) is 19.0 Å². The van der Waals surface area contributed by atoms with E-state index in [2.05, 4.69) is 15.3 Å². The first-order valence-electron chi connectivity index (χ1n) is 10.1. The summed E-state index contributed by atoms with van der Waals surface area (Å²) < 4.78 is 10.4. The fraction of sp³-hybridized carbons (Fsp3) is 0.208. The standard InChI is InChI=1S/C24H22ClN3O5S/c1-14-10-15(2)27-24(26-14)34-13-22(30)28-19-11-17(6-9-21(19)32-3)23(31)33-12-20(29)16-4-7-18(25)8-5-16/h4-11H,12-13H2,1-3H3,(H,28,30). The lowest BCUT2D eigenvalue weighted by atomic mass is 10.1. The van der Waals surface area contributed by atoms with Gasteiger partial charge in [-0.25, -0.2) is 14.8 Å². The van der Waals surface area contributed by atoms with Crippen LogP contribution in [0.15, 0.2) is 53.7 Å². The highest BCUT2D eigenvalue weighted by Crippen LogP contribution is 2.26. The number of anilines is 1. The molecule has 0 spiro atoms. The molecular formula is C24H22ClN3O5S. The molecule has 0 aliphatic heterocycles. The van der Waals surface area contributed by atoms with Crippen LogP contribution in [0.25, 0.3) is 0 Å². The number of hydrogen-bond acceptors (Lipinski definition) is 8. The first-order valence-corrected chi connectivity index (χ1v) is 11.5. The molecule has 0 bridgehead atoms. The topological polar surface area (TPSA) is 107 Å². The maximum Gasteiger partial charge on any atom is 0.338 e. The summed E-state index contributed by atoms with van der Waals surface area (Å²) in [5.41, 5.74) is 2.47. The van der Waals surface area contributed by atoms with Gasteiger partial charge in [0.05, 0.1) is 24.1 Å². The number of thioether (sulfide) groups is 1. The molecule has 34 heavy (non-hydrogen) atoms. The van der Waals surface area contributed by atoms with Crippen LogP contribution in [0.5, 0.6) is 5.75 Å². The van der Waals surface area contributed by atoms with Gasteiger partial charge in [0, 0.05) is 22.0 Å². The Balaban J connectivity index is 1.62. The molecule has 0 atom stereocenters. The van der Waals surface area contributed by atoms with Gasteiger partial charge in [-0.1, -0.05) is 23.4 Å². The summed E-state index contributed by atoms with van der Waals surface area (Å²) in [5, 5.41) is 3.73. The molecular weight excluding hydrogens is 478 g/mol. The van der Waals surface area contributed by atoms with Gasteiger partial charge in [0.2, 0.25) is 5.91 Å². The highest BCUT2D eigenvalue weighted by atomic mass is 35.5. The lowest BCUT2D eigenvalue weighted by Gasteiger charge is -2.12. The van der Waals surface area contributed by atoms with E-state index in [0.717, 1.165) is 11.4 Å². The number of hydrogen-bond donors (Lipinski definition) is 1. The number of ether oxygens (including phenoxy) is 2. The van der Waals surface area contributed by atoms with Crippen molar-refractivity contribution in [3.05, 3.63) is 76.1 Å². The van der Waals surface area contributed by atoms with E-state index in [9.17, 15) is 14.4 Å². The molecule has 0 fully saturated rings. The van der Waals surface area contributed by atoms with Crippen molar-refractivity contribution in [2.24, 2.45) is 0 Å². The molecule has 1 aromatic heterocycles. The van der Waals surface area contributed by atoms with Crippen LogP contribution in [0.3, 0.4) is 0 Å². The van der Waals surface area contributed by atoms with Gasteiger partial charge >= 0.3 is 5.97 Å². The van der Waals surface area contributed by atoms with Gasteiger partial charge in [-0.15, -0.1) is 0 Å². The molecule has 0 radical (unpaired) electrons. The molecule has 0 saturated heterocycles. The molecule has 176 valence electrons. The van der Waals surface area contributed by atoms with Gasteiger partial charge in [0.1, 0.15) is 5.75 Å². The summed E-state index contributed by atoms with van der Waals surface area (Å²) in [4.78, 5) is 45.8. The molecule has 8 nitrogen and oxygen atoms in total. The van der Waals surface area contributed by atoms with Crippen molar-refractivity contribution < 1.29 is 23.9 Å². The average Bonchev–Trinajstić information content (AvgIpc) is 2.81. The van der Waals surface area contributed by atoms with Gasteiger partial charge in [-0.2, -0.15) is 0 Å². The molecule has 1 N–H and O–H groups in total. The minimum Gasteiger partial charge on any atom is -0.495 e. The number of nitrogens with zero attached hydrogens (tertiary/aromatic N) is 2. The van der Waals surface area contributed by atoms with Crippen LogP contribution in [-0.4, -0.2) is 47.1 Å². The second kappa shape index (κ2) is 11.6. The normalized spacial score (nSPS) is 10.5. The molecule has 0 saturated carbocycles. The van der Waals surface area contributed by atoms with Crippen molar-refractivity contribution in [1.82, 2.24) is 9.97 Å². The smallest absolute Gasteiger partial charge is 0.338 e. The Labute approximate surface area is 206 Å². The monoisotopic (exact) mass is 499 g/mol. The zero-order valence-electron chi connectivity index (χ0n) is 18.8. The van der Waals surface area contributed by atoms with Crippen molar-refractivity contribution in [3.63, 3.8) is 0 Å². The predicted octanol–water partition coefficient (Wildman–Crippen LogP) is 4.53. The summed E-state index contributed by atoms with van der Waals surface area (Å²) in [5.74, 6) is -0.962. The average molecular weight is 500 g/mol. The van der Waals surface area contributed by atoms with E-state index in [-0.39, 0.29) is 23.0 Å². The molecule has 1 amide bonds. The Kier molecular flexibility index (Phi) is 8.61. The number of aromatic nitrogens is 2. The first-order chi connectivity index (χ1) is 16.2. The number of carbonyl (C=O) groups excluding carboxylic acids is 3. The summed E-state index contributed by atoms with van der Waals surface area (Å²) >= 11 is 7.02. The third-order valence-electron chi connectivity index (χ3n) is 4.50. The van der Waals surface area contributed by atoms with E-state index < -0.39 is 12.6 Å². The Morgan fingerprint density at radius 2 is 1.62 bits per heavy atom. The van der Waals surface area contributed by atoms with Crippen molar-refractivity contribution >= 4 is 46.7 Å². The number of nitrogens with one attached hydrogen (secondary N) is 1. The van der Waals surface area contributed by atoms with E-state index in [1.807, 2.05) is 19.9 Å². The van der Waals surface area contributed by atoms with Gasteiger partial charge in [0.25, 0.3) is 0 Å². The molecule has 3 aromatic rings. The maximum atomic E-state index is 12.5. The third-order valence-corrected chi connectivity index (χ3v) is 5.60. The van der Waals surface area contributed by atoms with Crippen LogP contribution in [0.4, 0.5) is 5.69 Å². The Hall–Kier alpha value is -3.43. The van der Waals surface area contributed by atoms with Crippen molar-refractivity contribution in [3.8, 4) is 5.75 Å². The fourth-order valence-corrected chi connectivity index (χ4v) is 3.82. The Bertz CT molecular complexity index is 1200. The van der Waals surface area contributed by atoms with Gasteiger partial charge in [-0.05, 0) is 62.4 Å². The number of esters is 1. The number of methoxy groups -OCH3 is 1.